The van der Waals surface area contributed by atoms with E-state index in [2.05, 4.69) is 24.8 Å². The Kier molecular flexibility index (Phi) is 4.75. The van der Waals surface area contributed by atoms with E-state index in [1.54, 1.807) is 19.5 Å². The molecule has 0 bridgehead atoms. The Balaban J connectivity index is 1.68. The van der Waals surface area contributed by atoms with Gasteiger partial charge in [0.1, 0.15) is 5.82 Å². The maximum atomic E-state index is 5.77. The van der Waals surface area contributed by atoms with Crippen LogP contribution in [0, 0.1) is 0 Å². The van der Waals surface area contributed by atoms with Gasteiger partial charge in [0.25, 0.3) is 0 Å². The molecule has 3 aromatic heterocycles. The van der Waals surface area contributed by atoms with Crippen LogP contribution in [0.4, 0.5) is 23.4 Å². The average Bonchev–Trinajstić information content (AvgIpc) is 3.24. The second-order valence-corrected chi connectivity index (χ2v) is 7.04. The molecular formula is C20H22N8O2. The molecule has 5 heterocycles. The first-order valence-corrected chi connectivity index (χ1v) is 9.82. The molecule has 2 aliphatic rings. The van der Waals surface area contributed by atoms with Gasteiger partial charge in [-0.15, -0.1) is 0 Å². The van der Waals surface area contributed by atoms with Crippen molar-refractivity contribution in [3.8, 4) is 17.1 Å². The zero-order valence-corrected chi connectivity index (χ0v) is 16.7. The number of anilines is 4. The number of nitrogens with zero attached hydrogens (tertiary/aromatic N) is 7. The number of nitrogen functional groups attached to an aromatic ring is 1. The summed E-state index contributed by atoms with van der Waals surface area (Å²) < 4.78 is 11.0. The van der Waals surface area contributed by atoms with Crippen molar-refractivity contribution in [2.24, 2.45) is 0 Å². The smallest absolute Gasteiger partial charge is 0.228 e. The molecule has 0 radical (unpaired) electrons. The fraction of sp³-hybridized carbons (Fsp3) is 0.350. The van der Waals surface area contributed by atoms with Gasteiger partial charge in [0, 0.05) is 37.6 Å². The minimum absolute atomic E-state index is 0.159. The predicted molar refractivity (Wildman–Crippen MR) is 112 cm³/mol. The zero-order valence-electron chi connectivity index (χ0n) is 16.7. The van der Waals surface area contributed by atoms with E-state index in [0.29, 0.717) is 30.6 Å². The Bertz CT molecular complexity index is 1060. The van der Waals surface area contributed by atoms with Crippen molar-refractivity contribution in [3.05, 3.63) is 36.3 Å². The van der Waals surface area contributed by atoms with Crippen molar-refractivity contribution in [1.82, 2.24) is 24.9 Å². The summed E-state index contributed by atoms with van der Waals surface area (Å²) in [5.41, 5.74) is 9.26. The van der Waals surface area contributed by atoms with Gasteiger partial charge in [-0.1, -0.05) is 0 Å². The van der Waals surface area contributed by atoms with E-state index < -0.39 is 0 Å². The minimum atomic E-state index is 0.159. The first-order valence-electron chi connectivity index (χ1n) is 9.82. The minimum Gasteiger partial charge on any atom is -0.480 e. The van der Waals surface area contributed by atoms with Crippen LogP contribution in [0.3, 0.4) is 0 Å². The van der Waals surface area contributed by atoms with Crippen LogP contribution < -0.4 is 20.3 Å². The third-order valence-electron chi connectivity index (χ3n) is 5.29. The molecule has 5 rings (SSSR count). The topological polar surface area (TPSA) is 115 Å². The molecule has 1 fully saturated rings. The molecule has 2 N–H and O–H groups in total. The van der Waals surface area contributed by atoms with E-state index in [1.807, 2.05) is 18.3 Å². The van der Waals surface area contributed by atoms with Gasteiger partial charge in [-0.3, -0.25) is 4.98 Å². The van der Waals surface area contributed by atoms with Crippen LogP contribution in [0.2, 0.25) is 0 Å². The second-order valence-electron chi connectivity index (χ2n) is 7.04. The van der Waals surface area contributed by atoms with Crippen molar-refractivity contribution in [2.45, 2.75) is 6.42 Å². The van der Waals surface area contributed by atoms with Crippen LogP contribution in [0.5, 0.6) is 5.88 Å². The molecule has 10 nitrogen and oxygen atoms in total. The third-order valence-corrected chi connectivity index (χ3v) is 5.29. The number of methoxy groups -OCH3 is 1. The van der Waals surface area contributed by atoms with Crippen molar-refractivity contribution in [1.29, 1.82) is 0 Å². The zero-order chi connectivity index (χ0) is 20.5. The van der Waals surface area contributed by atoms with Gasteiger partial charge in [-0.25, -0.2) is 9.97 Å². The average molecular weight is 406 g/mol. The monoisotopic (exact) mass is 406 g/mol. The van der Waals surface area contributed by atoms with E-state index in [-0.39, 0.29) is 5.95 Å². The first kappa shape index (κ1) is 18.5. The van der Waals surface area contributed by atoms with Gasteiger partial charge >= 0.3 is 0 Å². The lowest BCUT2D eigenvalue weighted by Crippen LogP contribution is -2.37. The van der Waals surface area contributed by atoms with Crippen molar-refractivity contribution in [3.63, 3.8) is 0 Å². The van der Waals surface area contributed by atoms with Gasteiger partial charge in [-0.05, 0) is 18.6 Å². The second kappa shape index (κ2) is 7.71. The van der Waals surface area contributed by atoms with Crippen LogP contribution in [0.15, 0.2) is 30.7 Å². The summed E-state index contributed by atoms with van der Waals surface area (Å²) in [4.78, 5) is 26.9. The van der Waals surface area contributed by atoms with E-state index in [4.69, 9.17) is 25.2 Å². The van der Waals surface area contributed by atoms with Crippen LogP contribution >= 0.6 is 0 Å². The fourth-order valence-electron chi connectivity index (χ4n) is 3.83. The molecular weight excluding hydrogens is 384 g/mol. The summed E-state index contributed by atoms with van der Waals surface area (Å²) in [5, 5.41) is 0. The Morgan fingerprint density at radius 3 is 2.73 bits per heavy atom. The molecule has 10 heteroatoms. The molecule has 2 aliphatic heterocycles. The summed E-state index contributed by atoms with van der Waals surface area (Å²) in [6.07, 6.45) is 6.07. The van der Waals surface area contributed by atoms with Crippen LogP contribution in [0.1, 0.15) is 5.56 Å². The SMILES string of the molecule is COc1nc(N)ncc1-c1nc(N2CCOCC2)nc2c1CCN2c1cccnc1. The maximum Gasteiger partial charge on any atom is 0.228 e. The van der Waals surface area contributed by atoms with Gasteiger partial charge in [0.2, 0.25) is 17.8 Å². The molecule has 30 heavy (non-hydrogen) atoms. The fourth-order valence-corrected chi connectivity index (χ4v) is 3.83. The Labute approximate surface area is 173 Å². The van der Waals surface area contributed by atoms with E-state index in [0.717, 1.165) is 48.8 Å². The number of rotatable bonds is 4. The standard InChI is InChI=1S/C20H22N8O2/c1-29-18-15(12-23-19(21)26-18)16-14-4-6-28(13-3-2-5-22-11-13)17(14)25-20(24-16)27-7-9-30-10-8-27/h2-3,5,11-12H,4,6-10H2,1H3,(H2,21,23,26). The van der Waals surface area contributed by atoms with Crippen molar-refractivity contribution >= 4 is 23.4 Å². The molecule has 154 valence electrons. The Morgan fingerprint density at radius 2 is 1.97 bits per heavy atom. The number of morpholine rings is 1. The summed E-state index contributed by atoms with van der Waals surface area (Å²) in [6, 6.07) is 3.96. The Hall–Kier alpha value is -3.53. The highest BCUT2D eigenvalue weighted by Gasteiger charge is 2.30. The molecule has 0 amide bonds. The van der Waals surface area contributed by atoms with E-state index in [9.17, 15) is 0 Å². The molecule has 3 aromatic rings. The lowest BCUT2D eigenvalue weighted by atomic mass is 10.1. The van der Waals surface area contributed by atoms with Crippen LogP contribution in [-0.4, -0.2) is 64.9 Å². The van der Waals surface area contributed by atoms with Gasteiger partial charge < -0.3 is 25.0 Å². The molecule has 0 aromatic carbocycles. The molecule has 0 aliphatic carbocycles. The van der Waals surface area contributed by atoms with E-state index >= 15 is 0 Å². The highest BCUT2D eigenvalue weighted by Crippen LogP contribution is 2.40. The number of pyridine rings is 1. The summed E-state index contributed by atoms with van der Waals surface area (Å²) in [7, 11) is 1.57. The molecule has 0 saturated carbocycles. The number of hydrogen-bond donors (Lipinski definition) is 1. The predicted octanol–water partition coefficient (Wildman–Crippen LogP) is 1.45. The molecule has 0 unspecified atom stereocenters. The quantitative estimate of drug-likeness (QED) is 0.682. The summed E-state index contributed by atoms with van der Waals surface area (Å²) in [6.45, 7) is 3.56. The summed E-state index contributed by atoms with van der Waals surface area (Å²) in [5.74, 6) is 2.08. The third kappa shape index (κ3) is 3.24. The lowest BCUT2D eigenvalue weighted by molar-refractivity contribution is 0.122. The molecule has 0 spiro atoms. The maximum absolute atomic E-state index is 5.77. The summed E-state index contributed by atoms with van der Waals surface area (Å²) >= 11 is 0. The normalized spacial score (nSPS) is 15.9. The van der Waals surface area contributed by atoms with Gasteiger partial charge in [0.15, 0.2) is 0 Å². The lowest BCUT2D eigenvalue weighted by Gasteiger charge is -2.28. The largest absolute Gasteiger partial charge is 0.480 e. The number of aromatic nitrogens is 5. The number of fused-ring (bicyclic) bond motifs is 1. The molecule has 0 atom stereocenters. The van der Waals surface area contributed by atoms with Crippen LogP contribution in [-0.2, 0) is 11.2 Å². The first-order chi connectivity index (χ1) is 14.7. The van der Waals surface area contributed by atoms with E-state index in [1.165, 1.54) is 0 Å². The molecule has 1 saturated heterocycles. The number of hydrogen-bond acceptors (Lipinski definition) is 10. The number of nitrogens with two attached hydrogens (primary N) is 1. The number of ether oxygens (including phenoxy) is 2. The van der Waals surface area contributed by atoms with Gasteiger partial charge in [-0.2, -0.15) is 9.97 Å². The van der Waals surface area contributed by atoms with Crippen LogP contribution in [0.25, 0.3) is 11.3 Å². The van der Waals surface area contributed by atoms with Gasteiger partial charge in [0.05, 0.1) is 43.5 Å². The highest BCUT2D eigenvalue weighted by molar-refractivity contribution is 5.78. The van der Waals surface area contributed by atoms with Crippen molar-refractivity contribution in [2.75, 3.05) is 55.5 Å². The Morgan fingerprint density at radius 1 is 1.10 bits per heavy atom. The van der Waals surface area contributed by atoms with Crippen molar-refractivity contribution < 1.29 is 9.47 Å². The highest BCUT2D eigenvalue weighted by atomic mass is 16.5.